The van der Waals surface area contributed by atoms with E-state index in [4.69, 9.17) is 21.7 Å². The van der Waals surface area contributed by atoms with E-state index < -0.39 is 0 Å². The van der Waals surface area contributed by atoms with E-state index in [2.05, 4.69) is 15.9 Å². The van der Waals surface area contributed by atoms with Crippen molar-refractivity contribution in [2.45, 2.75) is 6.61 Å². The number of carbonyl (C=O) groups excluding carboxylic acids is 1. The molecule has 1 amide bonds. The van der Waals surface area contributed by atoms with Gasteiger partial charge in [-0.3, -0.25) is 9.69 Å². The molecular weight excluding hydrogens is 428 g/mol. The van der Waals surface area contributed by atoms with Gasteiger partial charge in [0.05, 0.1) is 11.6 Å². The van der Waals surface area contributed by atoms with Crippen molar-refractivity contribution in [3.05, 3.63) is 63.8 Å². The lowest BCUT2D eigenvalue weighted by atomic mass is 10.1. The molecule has 1 aliphatic heterocycles. The SMILES string of the molecule is COc1cc(/C=C2/C(=O)N(C)C(=S)N2C)cc(Br)c1OCc1ccccc1. The number of amides is 1. The molecule has 0 N–H and O–H groups in total. The topological polar surface area (TPSA) is 42.0 Å². The summed E-state index contributed by atoms with van der Waals surface area (Å²) in [5, 5.41) is 0.472. The quantitative estimate of drug-likeness (QED) is 0.511. The zero-order chi connectivity index (χ0) is 19.6. The number of carbonyl (C=O) groups is 1. The van der Waals surface area contributed by atoms with Crippen molar-refractivity contribution < 1.29 is 14.3 Å². The van der Waals surface area contributed by atoms with E-state index in [0.717, 1.165) is 15.6 Å². The lowest BCUT2D eigenvalue weighted by Gasteiger charge is -2.14. The molecule has 2 aromatic rings. The first kappa shape index (κ1) is 19.4. The fraction of sp³-hybridized carbons (Fsp3) is 0.200. The van der Waals surface area contributed by atoms with Crippen LogP contribution in [0.2, 0.25) is 0 Å². The first-order chi connectivity index (χ1) is 12.9. The minimum atomic E-state index is -0.137. The average molecular weight is 447 g/mol. The summed E-state index contributed by atoms with van der Waals surface area (Å²) in [6.45, 7) is 0.427. The Labute approximate surface area is 172 Å². The Kier molecular flexibility index (Phi) is 5.82. The van der Waals surface area contributed by atoms with Crippen LogP contribution < -0.4 is 9.47 Å². The van der Waals surface area contributed by atoms with Crippen LogP contribution in [0.15, 0.2) is 52.6 Å². The van der Waals surface area contributed by atoms with Crippen molar-refractivity contribution >= 4 is 45.2 Å². The first-order valence-electron chi connectivity index (χ1n) is 8.24. The van der Waals surface area contributed by atoms with E-state index in [-0.39, 0.29) is 5.91 Å². The maximum absolute atomic E-state index is 12.4. The summed E-state index contributed by atoms with van der Waals surface area (Å²) in [6, 6.07) is 13.6. The molecule has 5 nitrogen and oxygen atoms in total. The molecule has 0 unspecified atom stereocenters. The van der Waals surface area contributed by atoms with Crippen LogP contribution in [0.4, 0.5) is 0 Å². The highest BCUT2D eigenvalue weighted by atomic mass is 79.9. The van der Waals surface area contributed by atoms with E-state index in [9.17, 15) is 4.79 Å². The van der Waals surface area contributed by atoms with Gasteiger partial charge in [0.15, 0.2) is 16.6 Å². The number of hydrogen-bond donors (Lipinski definition) is 0. The molecule has 1 heterocycles. The van der Waals surface area contributed by atoms with Crippen molar-refractivity contribution in [3.8, 4) is 11.5 Å². The Balaban J connectivity index is 1.89. The lowest BCUT2D eigenvalue weighted by Crippen LogP contribution is -2.26. The molecule has 0 bridgehead atoms. The number of hydrogen-bond acceptors (Lipinski definition) is 4. The van der Waals surface area contributed by atoms with E-state index in [1.165, 1.54) is 4.90 Å². The van der Waals surface area contributed by atoms with Crippen molar-refractivity contribution in [3.63, 3.8) is 0 Å². The molecule has 1 fully saturated rings. The molecule has 27 heavy (non-hydrogen) atoms. The van der Waals surface area contributed by atoms with E-state index in [1.54, 1.807) is 32.2 Å². The second-order valence-electron chi connectivity index (χ2n) is 6.04. The molecule has 0 saturated carbocycles. The Morgan fingerprint density at radius 2 is 1.85 bits per heavy atom. The van der Waals surface area contributed by atoms with E-state index >= 15 is 0 Å². The van der Waals surface area contributed by atoms with Crippen LogP contribution in [-0.2, 0) is 11.4 Å². The summed E-state index contributed by atoms with van der Waals surface area (Å²) >= 11 is 8.79. The highest BCUT2D eigenvalue weighted by Gasteiger charge is 2.32. The number of methoxy groups -OCH3 is 1. The maximum atomic E-state index is 12.4. The van der Waals surface area contributed by atoms with Crippen LogP contribution in [0.3, 0.4) is 0 Å². The zero-order valence-corrected chi connectivity index (χ0v) is 17.6. The summed E-state index contributed by atoms with van der Waals surface area (Å²) in [5.41, 5.74) is 2.38. The van der Waals surface area contributed by atoms with E-state index in [0.29, 0.717) is 28.9 Å². The number of rotatable bonds is 5. The number of ether oxygens (including phenoxy) is 2. The number of halogens is 1. The Bertz CT molecular complexity index is 915. The van der Waals surface area contributed by atoms with Crippen LogP contribution >= 0.6 is 28.1 Å². The Morgan fingerprint density at radius 3 is 2.44 bits per heavy atom. The number of likely N-dealkylation sites (N-methyl/N-ethyl adjacent to an activating group) is 2. The van der Waals surface area contributed by atoms with E-state index in [1.807, 2.05) is 42.5 Å². The van der Waals surface area contributed by atoms with Gasteiger partial charge in [0.25, 0.3) is 5.91 Å². The van der Waals surface area contributed by atoms with Crippen molar-refractivity contribution in [1.29, 1.82) is 0 Å². The maximum Gasteiger partial charge on any atom is 0.276 e. The van der Waals surface area contributed by atoms with Crippen LogP contribution in [0.25, 0.3) is 6.08 Å². The molecule has 1 saturated heterocycles. The highest BCUT2D eigenvalue weighted by molar-refractivity contribution is 9.10. The van der Waals surface area contributed by atoms with Gasteiger partial charge >= 0.3 is 0 Å². The average Bonchev–Trinajstić information content (AvgIpc) is 2.85. The van der Waals surface area contributed by atoms with Crippen molar-refractivity contribution in [1.82, 2.24) is 9.80 Å². The number of benzene rings is 2. The third kappa shape index (κ3) is 3.99. The van der Waals surface area contributed by atoms with Crippen LogP contribution in [0.5, 0.6) is 11.5 Å². The third-order valence-corrected chi connectivity index (χ3v) is 5.38. The molecule has 0 aromatic heterocycles. The van der Waals surface area contributed by atoms with Gasteiger partial charge < -0.3 is 14.4 Å². The van der Waals surface area contributed by atoms with Crippen molar-refractivity contribution in [2.75, 3.05) is 21.2 Å². The molecular formula is C20H19BrN2O3S. The summed E-state index contributed by atoms with van der Waals surface area (Å²) in [6.07, 6.45) is 1.78. The van der Waals surface area contributed by atoms with Crippen LogP contribution in [-0.4, -0.2) is 42.0 Å². The molecule has 140 valence electrons. The van der Waals surface area contributed by atoms with Crippen LogP contribution in [0.1, 0.15) is 11.1 Å². The molecule has 2 aromatic carbocycles. The zero-order valence-electron chi connectivity index (χ0n) is 15.2. The molecule has 0 aliphatic carbocycles. The number of thiocarbonyl (C=S) groups is 1. The molecule has 3 rings (SSSR count). The van der Waals surface area contributed by atoms with Gasteiger partial charge in [0.1, 0.15) is 12.3 Å². The van der Waals surface area contributed by atoms with Gasteiger partial charge in [0.2, 0.25) is 0 Å². The predicted molar refractivity (Wildman–Crippen MR) is 113 cm³/mol. The van der Waals surface area contributed by atoms with Gasteiger partial charge in [-0.1, -0.05) is 30.3 Å². The predicted octanol–water partition coefficient (Wildman–Crippen LogP) is 4.07. The fourth-order valence-electron chi connectivity index (χ4n) is 2.74. The summed E-state index contributed by atoms with van der Waals surface area (Å²) in [4.78, 5) is 15.5. The molecule has 0 spiro atoms. The Morgan fingerprint density at radius 1 is 1.15 bits per heavy atom. The molecule has 0 radical (unpaired) electrons. The van der Waals surface area contributed by atoms with Gasteiger partial charge in [0, 0.05) is 14.1 Å². The van der Waals surface area contributed by atoms with Gasteiger partial charge in [-0.05, 0) is 57.5 Å². The minimum Gasteiger partial charge on any atom is -0.493 e. The summed E-state index contributed by atoms with van der Waals surface area (Å²) in [7, 11) is 5.03. The lowest BCUT2D eigenvalue weighted by molar-refractivity contribution is -0.121. The van der Waals surface area contributed by atoms with Gasteiger partial charge in [-0.2, -0.15) is 0 Å². The second kappa shape index (κ2) is 8.10. The van der Waals surface area contributed by atoms with Gasteiger partial charge in [-0.15, -0.1) is 0 Å². The highest BCUT2D eigenvalue weighted by Crippen LogP contribution is 2.38. The monoisotopic (exact) mass is 446 g/mol. The smallest absolute Gasteiger partial charge is 0.276 e. The molecule has 7 heteroatoms. The largest absolute Gasteiger partial charge is 0.493 e. The first-order valence-corrected chi connectivity index (χ1v) is 9.44. The van der Waals surface area contributed by atoms with Crippen LogP contribution in [0, 0.1) is 0 Å². The third-order valence-electron chi connectivity index (χ3n) is 4.24. The fourth-order valence-corrected chi connectivity index (χ4v) is 3.50. The summed E-state index contributed by atoms with van der Waals surface area (Å²) < 4.78 is 12.2. The number of nitrogens with zero attached hydrogens (tertiary/aromatic N) is 2. The summed E-state index contributed by atoms with van der Waals surface area (Å²) in [5.74, 6) is 1.06. The second-order valence-corrected chi connectivity index (χ2v) is 7.26. The molecule has 0 atom stereocenters. The van der Waals surface area contributed by atoms with Gasteiger partial charge in [-0.25, -0.2) is 0 Å². The normalized spacial score (nSPS) is 15.6. The Hall–Kier alpha value is -2.38. The van der Waals surface area contributed by atoms with Crippen molar-refractivity contribution in [2.24, 2.45) is 0 Å². The standard InChI is InChI=1S/C20H19BrN2O3S/c1-22-16(19(24)23(2)20(22)27)10-14-9-15(21)18(17(11-14)25-3)26-12-13-7-5-4-6-8-13/h4-11H,12H2,1-3H3/b16-10-. The minimum absolute atomic E-state index is 0.137. The molecule has 1 aliphatic rings.